The fraction of sp³-hybridized carbons (Fsp3) is 0.659. The molecule has 0 aliphatic heterocycles. The number of esters is 2. The summed E-state index contributed by atoms with van der Waals surface area (Å²) in [4.78, 5) is 47.0. The number of hydrogen-bond donors (Lipinski definition) is 3. The molecule has 0 saturated heterocycles. The first-order chi connectivity index (χ1) is 27.1. The Balaban J connectivity index is 4.47. The van der Waals surface area contributed by atoms with E-state index in [1.807, 2.05) is 6.08 Å². The number of ether oxygens (including phenoxy) is 2. The zero-order valence-electron chi connectivity index (χ0n) is 34.3. The van der Waals surface area contributed by atoms with Crippen LogP contribution in [-0.2, 0) is 37.5 Å². The number of carbonyl (C=O) groups excluding carboxylic acids is 3. The van der Waals surface area contributed by atoms with Crippen molar-refractivity contribution in [1.82, 2.24) is 0 Å². The zero-order chi connectivity index (χ0) is 41.4. The van der Waals surface area contributed by atoms with Crippen LogP contribution in [0.15, 0.2) is 72.9 Å². The minimum atomic E-state index is -4.65. The highest BCUT2D eigenvalue weighted by Gasteiger charge is 2.27. The third-order valence-electron chi connectivity index (χ3n) is 8.32. The Kier molecular flexibility index (Phi) is 36.9. The van der Waals surface area contributed by atoms with Crippen LogP contribution in [-0.4, -0.2) is 71.5 Å². The third-order valence-corrected chi connectivity index (χ3v) is 9.27. The quantitative estimate of drug-likeness (QED) is 0.0136. The van der Waals surface area contributed by atoms with Crippen molar-refractivity contribution in [3.8, 4) is 0 Å². The number of rotatable bonds is 38. The van der Waals surface area contributed by atoms with Crippen molar-refractivity contribution in [2.24, 2.45) is 0 Å². The van der Waals surface area contributed by atoms with Gasteiger partial charge in [0, 0.05) is 19.3 Å². The van der Waals surface area contributed by atoms with Crippen LogP contribution >= 0.6 is 7.82 Å². The summed E-state index contributed by atoms with van der Waals surface area (Å²) in [6.07, 6.45) is 39.7. The Morgan fingerprint density at radius 1 is 0.607 bits per heavy atom. The van der Waals surface area contributed by atoms with E-state index in [0.29, 0.717) is 19.3 Å². The molecule has 0 aliphatic carbocycles. The van der Waals surface area contributed by atoms with Crippen LogP contribution in [0.5, 0.6) is 0 Å². The minimum absolute atomic E-state index is 0.103. The molecule has 3 N–H and O–H groups in total. The van der Waals surface area contributed by atoms with Gasteiger partial charge in [-0.25, -0.2) is 4.57 Å². The number of ketones is 1. The molecule has 0 aromatic rings. The second kappa shape index (κ2) is 38.9. The molecule has 0 aromatic carbocycles. The molecule has 0 amide bonds. The van der Waals surface area contributed by atoms with Gasteiger partial charge in [0.15, 0.2) is 11.9 Å². The number of phosphoric ester groups is 1. The summed E-state index contributed by atoms with van der Waals surface area (Å²) in [5.41, 5.74) is 0. The molecule has 3 atom stereocenters. The molecule has 1 unspecified atom stereocenters. The van der Waals surface area contributed by atoms with Gasteiger partial charge in [0.2, 0.25) is 0 Å². The van der Waals surface area contributed by atoms with Gasteiger partial charge in [0.1, 0.15) is 12.7 Å². The van der Waals surface area contributed by atoms with E-state index >= 15 is 0 Å². The lowest BCUT2D eigenvalue weighted by Gasteiger charge is -2.20. The van der Waals surface area contributed by atoms with Crippen molar-refractivity contribution >= 4 is 25.5 Å². The summed E-state index contributed by atoms with van der Waals surface area (Å²) >= 11 is 0. The fourth-order valence-electron chi connectivity index (χ4n) is 5.08. The van der Waals surface area contributed by atoms with E-state index in [4.69, 9.17) is 19.1 Å². The summed E-state index contributed by atoms with van der Waals surface area (Å²) in [7, 11) is -4.65. The van der Waals surface area contributed by atoms with E-state index < -0.39 is 51.8 Å². The highest BCUT2D eigenvalue weighted by molar-refractivity contribution is 7.47. The molecular weight excluding hydrogens is 735 g/mol. The van der Waals surface area contributed by atoms with Crippen LogP contribution in [0.4, 0.5) is 0 Å². The first-order valence-corrected chi connectivity index (χ1v) is 22.3. The summed E-state index contributed by atoms with van der Waals surface area (Å²) in [5, 5.41) is 18.3. The number of carbonyl (C=O) groups is 3. The smallest absolute Gasteiger partial charge is 0.462 e. The minimum Gasteiger partial charge on any atom is -0.462 e. The maximum Gasteiger partial charge on any atom is 0.472 e. The summed E-state index contributed by atoms with van der Waals surface area (Å²) in [6.45, 7) is 2.03. The zero-order valence-corrected chi connectivity index (χ0v) is 35.2. The number of unbranched alkanes of at least 4 members (excludes halogenated alkanes) is 11. The highest BCUT2D eigenvalue weighted by Crippen LogP contribution is 2.43. The van der Waals surface area contributed by atoms with E-state index in [1.165, 1.54) is 12.8 Å². The third kappa shape index (κ3) is 38.0. The Morgan fingerprint density at radius 2 is 1.14 bits per heavy atom. The standard InChI is InChI=1S/C44H73O11P/c1-3-5-7-9-11-12-13-14-15-16-17-18-19-20-22-26-31-35-44(49)55-42(39-54-56(50,51)53-37-41(47)36-45)38-52-43(48)34-30-27-23-25-29-33-40(46)32-28-24-21-10-8-6-4-2/h5,7,11-12,14-15,17-18,21,24,28,32,41-42,45,47H,3-4,6,8-10,13,16,19-20,22-23,25-27,29-31,33-39H2,1-2H3,(H,50,51)/b7-5-,12-11-,15-14-,18-17-,24-21-,32-28+/t41-,42+/m0/s1. The Hall–Kier alpha value is -2.92. The van der Waals surface area contributed by atoms with Gasteiger partial charge in [-0.05, 0) is 76.7 Å². The van der Waals surface area contributed by atoms with E-state index in [0.717, 1.165) is 89.9 Å². The second-order valence-corrected chi connectivity index (χ2v) is 15.1. The molecule has 0 bridgehead atoms. The molecule has 320 valence electrons. The highest BCUT2D eigenvalue weighted by atomic mass is 31.2. The second-order valence-electron chi connectivity index (χ2n) is 13.7. The number of aliphatic hydroxyl groups is 2. The van der Waals surface area contributed by atoms with E-state index in [9.17, 15) is 28.9 Å². The summed E-state index contributed by atoms with van der Waals surface area (Å²) in [5.74, 6) is -0.950. The van der Waals surface area contributed by atoms with Gasteiger partial charge in [-0.15, -0.1) is 0 Å². The van der Waals surface area contributed by atoms with Crippen molar-refractivity contribution in [2.45, 2.75) is 161 Å². The molecule has 0 fully saturated rings. The average Bonchev–Trinajstić information content (AvgIpc) is 3.18. The number of aliphatic hydroxyl groups excluding tert-OH is 2. The van der Waals surface area contributed by atoms with Crippen molar-refractivity contribution in [3.05, 3.63) is 72.9 Å². The Morgan fingerprint density at radius 3 is 1.79 bits per heavy atom. The fourth-order valence-corrected chi connectivity index (χ4v) is 5.87. The molecule has 0 saturated carbocycles. The summed E-state index contributed by atoms with van der Waals surface area (Å²) < 4.78 is 32.6. The lowest BCUT2D eigenvalue weighted by Crippen LogP contribution is -2.29. The molecule has 0 aromatic heterocycles. The Bertz CT molecular complexity index is 1220. The van der Waals surface area contributed by atoms with E-state index in [-0.39, 0.29) is 25.2 Å². The largest absolute Gasteiger partial charge is 0.472 e. The number of hydrogen-bond acceptors (Lipinski definition) is 10. The maximum atomic E-state index is 12.6. The predicted molar refractivity (Wildman–Crippen MR) is 224 cm³/mol. The lowest BCUT2D eigenvalue weighted by atomic mass is 10.1. The molecule has 0 heterocycles. The van der Waals surface area contributed by atoms with Gasteiger partial charge in [0.25, 0.3) is 0 Å². The van der Waals surface area contributed by atoms with E-state index in [1.54, 1.807) is 12.2 Å². The van der Waals surface area contributed by atoms with Crippen LogP contribution in [0.2, 0.25) is 0 Å². The SMILES string of the molecule is CC/C=C\C/C=C\C/C=C\C/C=C\CCCCCCC(=O)O[C@H](COC(=O)CCCCCCCC(=O)/C=C/C=C\CCCCC)COP(=O)(O)OC[C@@H](O)CO. The van der Waals surface area contributed by atoms with Crippen LogP contribution in [0.3, 0.4) is 0 Å². The van der Waals surface area contributed by atoms with Crippen molar-refractivity contribution in [1.29, 1.82) is 0 Å². The van der Waals surface area contributed by atoms with E-state index in [2.05, 4.69) is 73.1 Å². The molecule has 0 radical (unpaired) electrons. The first-order valence-electron chi connectivity index (χ1n) is 20.8. The first kappa shape index (κ1) is 53.1. The molecule has 11 nitrogen and oxygen atoms in total. The van der Waals surface area contributed by atoms with Crippen LogP contribution < -0.4 is 0 Å². The van der Waals surface area contributed by atoms with Crippen molar-refractivity contribution in [2.75, 3.05) is 26.4 Å². The lowest BCUT2D eigenvalue weighted by molar-refractivity contribution is -0.161. The molecule has 56 heavy (non-hydrogen) atoms. The van der Waals surface area contributed by atoms with Gasteiger partial charge in [-0.1, -0.05) is 126 Å². The molecule has 12 heteroatoms. The topological polar surface area (TPSA) is 166 Å². The molecule has 0 spiro atoms. The molecule has 0 rings (SSSR count). The monoisotopic (exact) mass is 808 g/mol. The number of phosphoric acid groups is 1. The predicted octanol–water partition coefficient (Wildman–Crippen LogP) is 10.1. The van der Waals surface area contributed by atoms with Gasteiger partial charge in [-0.2, -0.15) is 0 Å². The van der Waals surface area contributed by atoms with Gasteiger partial charge >= 0.3 is 19.8 Å². The van der Waals surface area contributed by atoms with Gasteiger partial charge in [-0.3, -0.25) is 23.4 Å². The van der Waals surface area contributed by atoms with Gasteiger partial charge < -0.3 is 24.6 Å². The molecular formula is C44H73O11P. The van der Waals surface area contributed by atoms with Crippen LogP contribution in [0, 0.1) is 0 Å². The summed E-state index contributed by atoms with van der Waals surface area (Å²) in [6, 6.07) is 0. The average molecular weight is 809 g/mol. The normalized spacial score (nSPS) is 14.5. The van der Waals surface area contributed by atoms with Gasteiger partial charge in [0.05, 0.1) is 19.8 Å². The van der Waals surface area contributed by atoms with Crippen molar-refractivity contribution < 1.29 is 52.6 Å². The van der Waals surface area contributed by atoms with Crippen molar-refractivity contribution in [3.63, 3.8) is 0 Å². The van der Waals surface area contributed by atoms with Crippen LogP contribution in [0.1, 0.15) is 149 Å². The molecule has 0 aliphatic rings. The van der Waals surface area contributed by atoms with Crippen LogP contribution in [0.25, 0.3) is 0 Å². The number of allylic oxidation sites excluding steroid dienone is 12. The Labute approximate surface area is 337 Å². The maximum absolute atomic E-state index is 12.6.